The highest BCUT2D eigenvalue weighted by molar-refractivity contribution is 7.45. The fourth-order valence-electron chi connectivity index (χ4n) is 0.815. The predicted octanol–water partition coefficient (Wildman–Crippen LogP) is 0.683. The molecule has 1 aromatic carbocycles. The lowest BCUT2D eigenvalue weighted by Crippen LogP contribution is -1.67. The van der Waals surface area contributed by atoms with Gasteiger partial charge in [0, 0.05) is 5.02 Å². The van der Waals surface area contributed by atoms with Gasteiger partial charge in [-0.2, -0.15) is 0 Å². The average molecular weight is 252 g/mol. The summed E-state index contributed by atoms with van der Waals surface area (Å²) in [5, 5.41) is 10.8. The Labute approximate surface area is 88.9 Å². The molecule has 7 nitrogen and oxygen atoms in total. The number of nitrogens with one attached hydrogen (secondary N) is 1. The van der Waals surface area contributed by atoms with E-state index < -0.39 is 7.82 Å². The minimum Gasteiger partial charge on any atom is -0.303 e. The van der Waals surface area contributed by atoms with Crippen LogP contribution in [0.4, 0.5) is 0 Å². The number of benzene rings is 1. The van der Waals surface area contributed by atoms with E-state index in [1.807, 2.05) is 6.07 Å². The lowest BCUT2D eigenvalue weighted by atomic mass is 10.3. The summed E-state index contributed by atoms with van der Waals surface area (Å²) in [7, 11) is -4.64. The summed E-state index contributed by atoms with van der Waals surface area (Å²) in [6.07, 6.45) is 0. The van der Waals surface area contributed by atoms with Crippen molar-refractivity contribution in [1.29, 1.82) is 0 Å². The summed E-state index contributed by atoms with van der Waals surface area (Å²) in [4.78, 5) is 21.6. The molecular formula is C6H7ClN3O4P. The lowest BCUT2D eigenvalue weighted by molar-refractivity contribution is 0.275. The third-order valence-electron chi connectivity index (χ3n) is 1.29. The quantitative estimate of drug-likeness (QED) is 0.511. The number of fused-ring (bicyclic) bond motifs is 1. The predicted molar refractivity (Wildman–Crippen MR) is 53.2 cm³/mol. The van der Waals surface area contributed by atoms with E-state index in [0.29, 0.717) is 5.02 Å². The normalized spacial score (nSPS) is 10.9. The van der Waals surface area contributed by atoms with E-state index in [-0.39, 0.29) is 0 Å². The summed E-state index contributed by atoms with van der Waals surface area (Å²) >= 11 is 5.69. The maximum atomic E-state index is 8.88. The molecule has 1 heterocycles. The zero-order valence-corrected chi connectivity index (χ0v) is 8.85. The number of hydrogen-bond donors (Lipinski definition) is 4. The number of phosphoric acid groups is 1. The van der Waals surface area contributed by atoms with Gasteiger partial charge < -0.3 is 14.7 Å². The van der Waals surface area contributed by atoms with Gasteiger partial charge in [0.15, 0.2) is 0 Å². The van der Waals surface area contributed by atoms with Crippen molar-refractivity contribution in [3.8, 4) is 0 Å². The number of aromatic nitrogens is 3. The molecule has 0 atom stereocenters. The standard InChI is InChI=1S/C6H4ClN3.H3O4P/c7-4-1-2-5-6(3-4)9-10-8-5;1-5(2,3)4/h1-3H,(H,8,9,10);(H3,1,2,3,4). The fraction of sp³-hybridized carbons (Fsp3) is 0. The van der Waals surface area contributed by atoms with E-state index in [9.17, 15) is 0 Å². The van der Waals surface area contributed by atoms with Crippen molar-refractivity contribution in [2.24, 2.45) is 0 Å². The summed E-state index contributed by atoms with van der Waals surface area (Å²) in [6, 6.07) is 5.40. The first-order chi connectivity index (χ1) is 6.86. The highest BCUT2D eigenvalue weighted by atomic mass is 35.5. The zero-order chi connectivity index (χ0) is 11.5. The summed E-state index contributed by atoms with van der Waals surface area (Å²) < 4.78 is 8.88. The molecule has 4 N–H and O–H groups in total. The van der Waals surface area contributed by atoms with Gasteiger partial charge in [0.25, 0.3) is 0 Å². The van der Waals surface area contributed by atoms with Crippen LogP contribution in [0.15, 0.2) is 18.2 Å². The van der Waals surface area contributed by atoms with Crippen LogP contribution < -0.4 is 0 Å². The van der Waals surface area contributed by atoms with Crippen LogP contribution in [-0.4, -0.2) is 30.1 Å². The van der Waals surface area contributed by atoms with Crippen LogP contribution in [0, 0.1) is 0 Å². The van der Waals surface area contributed by atoms with Gasteiger partial charge in [-0.05, 0) is 18.2 Å². The molecule has 9 heteroatoms. The number of H-pyrrole nitrogens is 1. The fourth-order valence-corrected chi connectivity index (χ4v) is 0.981. The molecule has 1 aromatic heterocycles. The van der Waals surface area contributed by atoms with Gasteiger partial charge in [0.05, 0.1) is 5.52 Å². The highest BCUT2D eigenvalue weighted by Gasteiger charge is 2.00. The van der Waals surface area contributed by atoms with E-state index in [1.165, 1.54) is 0 Å². The van der Waals surface area contributed by atoms with Gasteiger partial charge in [-0.3, -0.25) is 5.10 Å². The minimum absolute atomic E-state index is 0.682. The van der Waals surface area contributed by atoms with Crippen molar-refractivity contribution >= 4 is 30.5 Å². The zero-order valence-electron chi connectivity index (χ0n) is 7.20. The number of rotatable bonds is 0. The van der Waals surface area contributed by atoms with Crippen LogP contribution in [-0.2, 0) is 4.57 Å². The van der Waals surface area contributed by atoms with Crippen molar-refractivity contribution < 1.29 is 19.2 Å². The molecule has 0 aliphatic carbocycles. The molecular weight excluding hydrogens is 245 g/mol. The molecule has 0 amide bonds. The molecule has 0 spiro atoms. The Morgan fingerprint density at radius 1 is 1.33 bits per heavy atom. The average Bonchev–Trinajstić information content (AvgIpc) is 2.47. The summed E-state index contributed by atoms with van der Waals surface area (Å²) in [5.41, 5.74) is 1.71. The molecule has 0 aliphatic rings. The molecule has 82 valence electrons. The number of hydrogen-bond acceptors (Lipinski definition) is 3. The van der Waals surface area contributed by atoms with Crippen molar-refractivity contribution in [3.05, 3.63) is 23.2 Å². The first kappa shape index (κ1) is 12.1. The number of aromatic amines is 1. The summed E-state index contributed by atoms with van der Waals surface area (Å²) in [6.45, 7) is 0. The molecule has 0 unspecified atom stereocenters. The first-order valence-electron chi connectivity index (χ1n) is 3.61. The van der Waals surface area contributed by atoms with Crippen LogP contribution in [0.1, 0.15) is 0 Å². The Morgan fingerprint density at radius 2 is 1.93 bits per heavy atom. The van der Waals surface area contributed by atoms with E-state index in [0.717, 1.165) is 11.0 Å². The van der Waals surface area contributed by atoms with E-state index in [4.69, 9.17) is 30.8 Å². The molecule has 2 aromatic rings. The molecule has 2 rings (SSSR count). The maximum absolute atomic E-state index is 8.88. The van der Waals surface area contributed by atoms with Gasteiger partial charge >= 0.3 is 7.82 Å². The van der Waals surface area contributed by atoms with Crippen molar-refractivity contribution in [2.75, 3.05) is 0 Å². The molecule has 15 heavy (non-hydrogen) atoms. The number of halogens is 1. The van der Waals surface area contributed by atoms with Gasteiger partial charge in [-0.15, -0.1) is 5.10 Å². The van der Waals surface area contributed by atoms with Gasteiger partial charge in [-0.1, -0.05) is 16.8 Å². The van der Waals surface area contributed by atoms with Crippen LogP contribution in [0.2, 0.25) is 5.02 Å². The molecule has 0 saturated carbocycles. The highest BCUT2D eigenvalue weighted by Crippen LogP contribution is 2.25. The Bertz CT molecular complexity index is 488. The maximum Gasteiger partial charge on any atom is 0.466 e. The van der Waals surface area contributed by atoms with Crippen LogP contribution >= 0.6 is 19.4 Å². The second-order valence-electron chi connectivity index (χ2n) is 2.49. The van der Waals surface area contributed by atoms with E-state index in [2.05, 4.69) is 15.4 Å². The smallest absolute Gasteiger partial charge is 0.303 e. The van der Waals surface area contributed by atoms with Crippen LogP contribution in [0.25, 0.3) is 11.0 Å². The molecule has 0 saturated heterocycles. The van der Waals surface area contributed by atoms with E-state index in [1.54, 1.807) is 12.1 Å². The molecule has 0 fully saturated rings. The monoisotopic (exact) mass is 251 g/mol. The topological polar surface area (TPSA) is 119 Å². The number of nitrogens with zero attached hydrogens (tertiary/aromatic N) is 2. The second kappa shape index (κ2) is 4.69. The third-order valence-corrected chi connectivity index (χ3v) is 1.52. The molecule has 0 aliphatic heterocycles. The molecule has 0 radical (unpaired) electrons. The largest absolute Gasteiger partial charge is 0.466 e. The van der Waals surface area contributed by atoms with Crippen LogP contribution in [0.5, 0.6) is 0 Å². The van der Waals surface area contributed by atoms with E-state index >= 15 is 0 Å². The minimum atomic E-state index is -4.64. The third kappa shape index (κ3) is 4.87. The Hall–Kier alpha value is -0.980. The van der Waals surface area contributed by atoms with Crippen LogP contribution in [0.3, 0.4) is 0 Å². The van der Waals surface area contributed by atoms with Crippen molar-refractivity contribution in [1.82, 2.24) is 15.4 Å². The Kier molecular flexibility index (Phi) is 3.78. The second-order valence-corrected chi connectivity index (χ2v) is 3.95. The first-order valence-corrected chi connectivity index (χ1v) is 5.55. The molecule has 0 bridgehead atoms. The van der Waals surface area contributed by atoms with Gasteiger partial charge in [0.2, 0.25) is 0 Å². The van der Waals surface area contributed by atoms with Gasteiger partial charge in [0.1, 0.15) is 5.52 Å². The lowest BCUT2D eigenvalue weighted by Gasteiger charge is -1.85. The van der Waals surface area contributed by atoms with Crippen molar-refractivity contribution in [2.45, 2.75) is 0 Å². The van der Waals surface area contributed by atoms with Gasteiger partial charge in [-0.25, -0.2) is 4.57 Å². The Balaban J connectivity index is 0.000000195. The van der Waals surface area contributed by atoms with Crippen molar-refractivity contribution in [3.63, 3.8) is 0 Å². The Morgan fingerprint density at radius 3 is 2.53 bits per heavy atom. The summed E-state index contributed by atoms with van der Waals surface area (Å²) in [5.74, 6) is 0. The SMILES string of the molecule is Clc1ccc2[nH]nnc2c1.O=P(O)(O)O.